The number of nitrogens with two attached hydrogens (primary N) is 1. The summed E-state index contributed by atoms with van der Waals surface area (Å²) in [7, 11) is 0. The lowest BCUT2D eigenvalue weighted by Gasteiger charge is -2.30. The summed E-state index contributed by atoms with van der Waals surface area (Å²) in [5.74, 6) is -0.592. The van der Waals surface area contributed by atoms with Crippen LogP contribution in [0.1, 0.15) is 59.0 Å². The standard InChI is InChI=1S/C19H20N2O4S/c1-19(2,25-18(20)24)9-7-15(12-8-10-26-11-12)21-16(22)13-5-3-4-6-14(13)17(21)23/h3-6,8,10-11,15H,7,9H2,1-2H3,(H2,20,24). The Balaban J connectivity index is 1.88. The van der Waals surface area contributed by atoms with E-state index in [0.717, 1.165) is 5.56 Å². The lowest BCUT2D eigenvalue weighted by molar-refractivity contribution is 0.0282. The molecule has 2 heterocycles. The second-order valence-electron chi connectivity index (χ2n) is 6.82. The van der Waals surface area contributed by atoms with Gasteiger partial charge in [0, 0.05) is 0 Å². The Morgan fingerprint density at radius 3 is 2.31 bits per heavy atom. The minimum absolute atomic E-state index is 0.296. The van der Waals surface area contributed by atoms with E-state index in [1.165, 1.54) is 16.2 Å². The van der Waals surface area contributed by atoms with Gasteiger partial charge in [-0.05, 0) is 61.2 Å². The Bertz CT molecular complexity index is 810. The van der Waals surface area contributed by atoms with Crippen molar-refractivity contribution < 1.29 is 19.1 Å². The number of fused-ring (bicyclic) bond motifs is 1. The number of carbonyl (C=O) groups excluding carboxylic acids is 3. The Hall–Kier alpha value is -2.67. The number of ether oxygens (including phenoxy) is 1. The van der Waals surface area contributed by atoms with Crippen molar-refractivity contribution in [3.63, 3.8) is 0 Å². The number of primary amides is 1. The molecule has 0 saturated heterocycles. The van der Waals surface area contributed by atoms with Gasteiger partial charge in [-0.3, -0.25) is 14.5 Å². The summed E-state index contributed by atoms with van der Waals surface area (Å²) >= 11 is 1.50. The number of thiophene rings is 1. The molecule has 26 heavy (non-hydrogen) atoms. The molecule has 0 spiro atoms. The Morgan fingerprint density at radius 1 is 1.19 bits per heavy atom. The van der Waals surface area contributed by atoms with Crippen LogP contribution < -0.4 is 5.73 Å². The van der Waals surface area contributed by atoms with Gasteiger partial charge in [0.1, 0.15) is 5.60 Å². The normalized spacial score (nSPS) is 15.1. The van der Waals surface area contributed by atoms with Gasteiger partial charge in [0.05, 0.1) is 17.2 Å². The van der Waals surface area contributed by atoms with E-state index in [2.05, 4.69) is 0 Å². The largest absolute Gasteiger partial charge is 0.444 e. The van der Waals surface area contributed by atoms with Crippen LogP contribution >= 0.6 is 11.3 Å². The molecular formula is C19H20N2O4S. The van der Waals surface area contributed by atoms with Crippen molar-refractivity contribution in [3.8, 4) is 0 Å². The van der Waals surface area contributed by atoms with Crippen molar-refractivity contribution >= 4 is 29.2 Å². The molecule has 0 aliphatic carbocycles. The van der Waals surface area contributed by atoms with E-state index in [1.54, 1.807) is 38.1 Å². The monoisotopic (exact) mass is 372 g/mol. The molecule has 1 aromatic carbocycles. The second kappa shape index (κ2) is 6.92. The molecule has 2 aromatic rings. The number of rotatable bonds is 6. The highest BCUT2D eigenvalue weighted by Gasteiger charge is 2.41. The summed E-state index contributed by atoms with van der Waals surface area (Å²) in [4.78, 5) is 38.1. The molecule has 1 aliphatic heterocycles. The zero-order valence-electron chi connectivity index (χ0n) is 14.6. The molecule has 0 radical (unpaired) electrons. The van der Waals surface area contributed by atoms with Crippen LogP contribution in [0.2, 0.25) is 0 Å². The van der Waals surface area contributed by atoms with Crippen LogP contribution in [0.25, 0.3) is 0 Å². The predicted octanol–water partition coefficient (Wildman–Crippen LogP) is 3.74. The fourth-order valence-electron chi connectivity index (χ4n) is 3.21. The summed E-state index contributed by atoms with van der Waals surface area (Å²) in [6.45, 7) is 3.51. The van der Waals surface area contributed by atoms with Gasteiger partial charge in [-0.2, -0.15) is 11.3 Å². The van der Waals surface area contributed by atoms with E-state index in [4.69, 9.17) is 10.5 Å². The third-order valence-corrected chi connectivity index (χ3v) is 5.16. The van der Waals surface area contributed by atoms with Gasteiger partial charge >= 0.3 is 6.09 Å². The van der Waals surface area contributed by atoms with Gasteiger partial charge in [0.15, 0.2) is 0 Å². The SMILES string of the molecule is CC(C)(CCC(c1ccsc1)N1C(=O)c2ccccc2C1=O)OC(N)=O. The second-order valence-corrected chi connectivity index (χ2v) is 7.60. The number of carbonyl (C=O) groups is 3. The summed E-state index contributed by atoms with van der Waals surface area (Å²) < 4.78 is 5.14. The van der Waals surface area contributed by atoms with E-state index in [-0.39, 0.29) is 11.8 Å². The third kappa shape index (κ3) is 3.48. The molecule has 1 atom stereocenters. The molecule has 2 N–H and O–H groups in total. The molecule has 0 saturated carbocycles. The molecule has 1 unspecified atom stereocenters. The van der Waals surface area contributed by atoms with Gasteiger partial charge in [-0.15, -0.1) is 0 Å². The molecule has 0 fully saturated rings. The van der Waals surface area contributed by atoms with Crippen LogP contribution in [0.3, 0.4) is 0 Å². The molecule has 1 aliphatic rings. The van der Waals surface area contributed by atoms with Gasteiger partial charge in [-0.25, -0.2) is 4.79 Å². The van der Waals surface area contributed by atoms with Gasteiger partial charge < -0.3 is 10.5 Å². The van der Waals surface area contributed by atoms with E-state index < -0.39 is 17.7 Å². The number of hydrogen-bond acceptors (Lipinski definition) is 5. The number of amides is 3. The maximum Gasteiger partial charge on any atom is 0.405 e. The lowest BCUT2D eigenvalue weighted by Crippen LogP contribution is -2.36. The van der Waals surface area contributed by atoms with E-state index in [1.807, 2.05) is 16.8 Å². The number of benzene rings is 1. The fourth-order valence-corrected chi connectivity index (χ4v) is 3.92. The average Bonchev–Trinajstić information content (AvgIpc) is 3.17. The molecule has 6 nitrogen and oxygen atoms in total. The van der Waals surface area contributed by atoms with Crippen LogP contribution in [0.15, 0.2) is 41.1 Å². The minimum Gasteiger partial charge on any atom is -0.444 e. The van der Waals surface area contributed by atoms with Crippen LogP contribution in [0.4, 0.5) is 4.79 Å². The van der Waals surface area contributed by atoms with Crippen LogP contribution in [-0.2, 0) is 4.74 Å². The Morgan fingerprint density at radius 2 is 1.81 bits per heavy atom. The van der Waals surface area contributed by atoms with Crippen LogP contribution in [-0.4, -0.2) is 28.4 Å². The lowest BCUT2D eigenvalue weighted by atomic mass is 9.95. The van der Waals surface area contributed by atoms with Crippen molar-refractivity contribution in [1.29, 1.82) is 0 Å². The van der Waals surface area contributed by atoms with Crippen LogP contribution in [0, 0.1) is 0 Å². The smallest absolute Gasteiger partial charge is 0.405 e. The van der Waals surface area contributed by atoms with E-state index >= 15 is 0 Å². The highest BCUT2D eigenvalue weighted by molar-refractivity contribution is 7.08. The summed E-state index contributed by atoms with van der Waals surface area (Å²) in [5.41, 5.74) is 6.06. The quantitative estimate of drug-likeness (QED) is 0.782. The molecule has 1 aromatic heterocycles. The Labute approximate surface area is 155 Å². The van der Waals surface area contributed by atoms with Crippen LogP contribution in [0.5, 0.6) is 0 Å². The first-order valence-corrected chi connectivity index (χ1v) is 9.22. The zero-order valence-corrected chi connectivity index (χ0v) is 15.4. The number of hydrogen-bond donors (Lipinski definition) is 1. The first kappa shape index (κ1) is 18.1. The highest BCUT2D eigenvalue weighted by atomic mass is 32.1. The number of imide groups is 1. The maximum absolute atomic E-state index is 12.8. The van der Waals surface area contributed by atoms with E-state index in [9.17, 15) is 14.4 Å². The molecule has 136 valence electrons. The Kier molecular flexibility index (Phi) is 4.82. The summed E-state index contributed by atoms with van der Waals surface area (Å²) in [6.07, 6.45) is 0.0645. The zero-order chi connectivity index (χ0) is 18.9. The molecule has 0 bridgehead atoms. The maximum atomic E-state index is 12.8. The first-order valence-electron chi connectivity index (χ1n) is 8.27. The highest BCUT2D eigenvalue weighted by Crippen LogP contribution is 2.36. The fraction of sp³-hybridized carbons (Fsp3) is 0.316. The summed E-state index contributed by atoms with van der Waals surface area (Å²) in [5, 5.41) is 3.84. The summed E-state index contributed by atoms with van der Waals surface area (Å²) in [6, 6.07) is 8.31. The molecule has 7 heteroatoms. The molecule has 3 rings (SSSR count). The topological polar surface area (TPSA) is 89.7 Å². The molecule has 3 amide bonds. The minimum atomic E-state index is -0.845. The van der Waals surface area contributed by atoms with Gasteiger partial charge in [-0.1, -0.05) is 12.1 Å². The predicted molar refractivity (Wildman–Crippen MR) is 98.0 cm³/mol. The van der Waals surface area contributed by atoms with E-state index in [0.29, 0.717) is 24.0 Å². The number of nitrogens with zero attached hydrogens (tertiary/aromatic N) is 1. The van der Waals surface area contributed by atoms with Crippen molar-refractivity contribution in [2.75, 3.05) is 0 Å². The van der Waals surface area contributed by atoms with Gasteiger partial charge in [0.25, 0.3) is 11.8 Å². The first-order chi connectivity index (χ1) is 12.3. The van der Waals surface area contributed by atoms with Crippen molar-refractivity contribution in [2.24, 2.45) is 5.73 Å². The van der Waals surface area contributed by atoms with Crippen molar-refractivity contribution in [3.05, 3.63) is 57.8 Å². The molecular weight excluding hydrogens is 352 g/mol. The van der Waals surface area contributed by atoms with Crippen molar-refractivity contribution in [1.82, 2.24) is 4.90 Å². The average molecular weight is 372 g/mol. The van der Waals surface area contributed by atoms with Gasteiger partial charge in [0.2, 0.25) is 0 Å². The van der Waals surface area contributed by atoms with Crippen molar-refractivity contribution in [2.45, 2.75) is 38.3 Å². The third-order valence-electron chi connectivity index (χ3n) is 4.46.